The molecule has 16 heavy (non-hydrogen) atoms. The Kier molecular flexibility index (Phi) is 5.49. The molecule has 0 aliphatic rings. The molecule has 1 aromatic rings. The largest absolute Gasteiger partial charge is 0.380 e. The van der Waals surface area contributed by atoms with Crippen LogP contribution >= 0.6 is 0 Å². The molecule has 1 N–H and O–H groups in total. The molecule has 0 fully saturated rings. The van der Waals surface area contributed by atoms with Gasteiger partial charge in [0, 0.05) is 18.2 Å². The summed E-state index contributed by atoms with van der Waals surface area (Å²) in [6.07, 6.45) is 0.956. The average Bonchev–Trinajstić information content (AvgIpc) is 2.57. The molecule has 4 nitrogen and oxygen atoms in total. The van der Waals surface area contributed by atoms with Gasteiger partial charge >= 0.3 is 0 Å². The fourth-order valence-electron chi connectivity index (χ4n) is 1.66. The lowest BCUT2D eigenvalue weighted by molar-refractivity contribution is 0.127. The molecule has 1 rings (SSSR count). The second-order valence-electron chi connectivity index (χ2n) is 4.07. The SMILES string of the molecule is CCOCC(C)NCCc1c(C)noc1C. The quantitative estimate of drug-likeness (QED) is 0.770. The first-order chi connectivity index (χ1) is 7.65. The Morgan fingerprint density at radius 2 is 2.19 bits per heavy atom. The Hall–Kier alpha value is -0.870. The van der Waals surface area contributed by atoms with Gasteiger partial charge in [-0.2, -0.15) is 0 Å². The highest BCUT2D eigenvalue weighted by Gasteiger charge is 2.08. The molecule has 1 aromatic heterocycles. The molecular formula is C12H22N2O2. The first-order valence-electron chi connectivity index (χ1n) is 5.88. The zero-order valence-electron chi connectivity index (χ0n) is 10.7. The predicted octanol–water partition coefficient (Wildman–Crippen LogP) is 1.85. The van der Waals surface area contributed by atoms with Gasteiger partial charge in [-0.1, -0.05) is 5.16 Å². The van der Waals surface area contributed by atoms with E-state index in [2.05, 4.69) is 17.4 Å². The Morgan fingerprint density at radius 3 is 2.75 bits per heavy atom. The van der Waals surface area contributed by atoms with Crippen LogP contribution in [0.25, 0.3) is 0 Å². The van der Waals surface area contributed by atoms with Crippen LogP contribution in [0.1, 0.15) is 30.9 Å². The summed E-state index contributed by atoms with van der Waals surface area (Å²) in [6.45, 7) is 10.5. The highest BCUT2D eigenvalue weighted by molar-refractivity contribution is 5.20. The van der Waals surface area contributed by atoms with Crippen molar-refractivity contribution in [2.45, 2.75) is 40.2 Å². The van der Waals surface area contributed by atoms with Crippen LogP contribution < -0.4 is 5.32 Å². The third-order valence-corrected chi connectivity index (χ3v) is 2.62. The third kappa shape index (κ3) is 3.94. The Labute approximate surface area is 97.3 Å². The summed E-state index contributed by atoms with van der Waals surface area (Å²) in [5.74, 6) is 0.928. The Morgan fingerprint density at radius 1 is 1.44 bits per heavy atom. The van der Waals surface area contributed by atoms with Crippen molar-refractivity contribution in [1.82, 2.24) is 10.5 Å². The fourth-order valence-corrected chi connectivity index (χ4v) is 1.66. The van der Waals surface area contributed by atoms with E-state index >= 15 is 0 Å². The average molecular weight is 226 g/mol. The molecule has 0 spiro atoms. The molecule has 0 radical (unpaired) electrons. The maximum absolute atomic E-state index is 5.34. The van der Waals surface area contributed by atoms with E-state index in [0.29, 0.717) is 6.04 Å². The van der Waals surface area contributed by atoms with Crippen LogP contribution in [0.5, 0.6) is 0 Å². The number of ether oxygens (including phenoxy) is 1. The van der Waals surface area contributed by atoms with E-state index in [0.717, 1.165) is 37.6 Å². The van der Waals surface area contributed by atoms with Crippen LogP contribution in [0.4, 0.5) is 0 Å². The zero-order chi connectivity index (χ0) is 12.0. The highest BCUT2D eigenvalue weighted by atomic mass is 16.5. The minimum absolute atomic E-state index is 0.389. The van der Waals surface area contributed by atoms with Crippen LogP contribution in [-0.2, 0) is 11.2 Å². The molecule has 0 saturated carbocycles. The topological polar surface area (TPSA) is 47.3 Å². The standard InChI is InChI=1S/C12H22N2O2/c1-5-15-8-9(2)13-7-6-12-10(3)14-16-11(12)4/h9,13H,5-8H2,1-4H3. The number of nitrogens with zero attached hydrogens (tertiary/aromatic N) is 1. The fraction of sp³-hybridized carbons (Fsp3) is 0.750. The molecule has 1 atom stereocenters. The summed E-state index contributed by atoms with van der Waals surface area (Å²) in [7, 11) is 0. The van der Waals surface area contributed by atoms with Crippen LogP contribution in [0.3, 0.4) is 0 Å². The van der Waals surface area contributed by atoms with Gasteiger partial charge in [0.2, 0.25) is 0 Å². The number of hydrogen-bond donors (Lipinski definition) is 1. The first-order valence-corrected chi connectivity index (χ1v) is 5.88. The monoisotopic (exact) mass is 226 g/mol. The Bertz CT molecular complexity index is 290. The van der Waals surface area contributed by atoms with Crippen molar-refractivity contribution in [3.8, 4) is 0 Å². The van der Waals surface area contributed by atoms with Crippen LogP contribution in [0.2, 0.25) is 0 Å². The van der Waals surface area contributed by atoms with Gasteiger partial charge in [-0.05, 0) is 40.7 Å². The number of aromatic nitrogens is 1. The van der Waals surface area contributed by atoms with Crippen molar-refractivity contribution in [3.05, 3.63) is 17.0 Å². The summed E-state index contributed by atoms with van der Waals surface area (Å²) in [4.78, 5) is 0. The molecule has 4 heteroatoms. The maximum atomic E-state index is 5.34. The van der Waals surface area contributed by atoms with Gasteiger partial charge in [-0.15, -0.1) is 0 Å². The number of rotatable bonds is 7. The molecule has 0 bridgehead atoms. The highest BCUT2D eigenvalue weighted by Crippen LogP contribution is 2.12. The number of nitrogens with one attached hydrogen (secondary N) is 1. The summed E-state index contributed by atoms with van der Waals surface area (Å²) in [5.41, 5.74) is 2.22. The minimum Gasteiger partial charge on any atom is -0.380 e. The molecular weight excluding hydrogens is 204 g/mol. The van der Waals surface area contributed by atoms with E-state index in [4.69, 9.17) is 9.26 Å². The predicted molar refractivity (Wildman–Crippen MR) is 63.6 cm³/mol. The summed E-state index contributed by atoms with van der Waals surface area (Å²) in [5, 5.41) is 7.35. The number of aryl methyl sites for hydroxylation is 2. The van der Waals surface area contributed by atoms with Crippen molar-refractivity contribution >= 4 is 0 Å². The summed E-state index contributed by atoms with van der Waals surface area (Å²) < 4.78 is 10.5. The molecule has 92 valence electrons. The van der Waals surface area contributed by atoms with Gasteiger partial charge in [-0.25, -0.2) is 0 Å². The van der Waals surface area contributed by atoms with Gasteiger partial charge in [0.1, 0.15) is 5.76 Å². The second kappa shape index (κ2) is 6.66. The van der Waals surface area contributed by atoms with Crippen molar-refractivity contribution < 1.29 is 9.26 Å². The molecule has 0 aliphatic carbocycles. The number of hydrogen-bond acceptors (Lipinski definition) is 4. The third-order valence-electron chi connectivity index (χ3n) is 2.62. The van der Waals surface area contributed by atoms with Crippen molar-refractivity contribution in [2.24, 2.45) is 0 Å². The van der Waals surface area contributed by atoms with Crippen molar-refractivity contribution in [3.63, 3.8) is 0 Å². The van der Waals surface area contributed by atoms with E-state index in [1.165, 1.54) is 5.56 Å². The van der Waals surface area contributed by atoms with Gasteiger partial charge in [0.05, 0.1) is 12.3 Å². The minimum atomic E-state index is 0.389. The van der Waals surface area contributed by atoms with Crippen LogP contribution in [-0.4, -0.2) is 31.0 Å². The normalized spacial score (nSPS) is 13.0. The lowest BCUT2D eigenvalue weighted by Crippen LogP contribution is -2.32. The summed E-state index contributed by atoms with van der Waals surface area (Å²) in [6, 6.07) is 0.389. The van der Waals surface area contributed by atoms with Crippen molar-refractivity contribution in [1.29, 1.82) is 0 Å². The molecule has 0 aromatic carbocycles. The lowest BCUT2D eigenvalue weighted by atomic mass is 10.1. The smallest absolute Gasteiger partial charge is 0.137 e. The van der Waals surface area contributed by atoms with Gasteiger partial charge in [0.25, 0.3) is 0 Å². The summed E-state index contributed by atoms with van der Waals surface area (Å²) >= 11 is 0. The van der Waals surface area contributed by atoms with Crippen LogP contribution in [0.15, 0.2) is 4.52 Å². The van der Waals surface area contributed by atoms with E-state index in [9.17, 15) is 0 Å². The molecule has 0 amide bonds. The van der Waals surface area contributed by atoms with E-state index in [1.54, 1.807) is 0 Å². The lowest BCUT2D eigenvalue weighted by Gasteiger charge is -2.13. The van der Waals surface area contributed by atoms with E-state index < -0.39 is 0 Å². The van der Waals surface area contributed by atoms with Gasteiger partial charge in [-0.3, -0.25) is 0 Å². The van der Waals surface area contributed by atoms with E-state index in [1.807, 2.05) is 20.8 Å². The zero-order valence-corrected chi connectivity index (χ0v) is 10.7. The first kappa shape index (κ1) is 13.2. The van der Waals surface area contributed by atoms with Gasteiger partial charge < -0.3 is 14.6 Å². The second-order valence-corrected chi connectivity index (χ2v) is 4.07. The van der Waals surface area contributed by atoms with Gasteiger partial charge in [0.15, 0.2) is 0 Å². The Balaban J connectivity index is 2.25. The molecule has 1 heterocycles. The maximum Gasteiger partial charge on any atom is 0.137 e. The van der Waals surface area contributed by atoms with E-state index in [-0.39, 0.29) is 0 Å². The van der Waals surface area contributed by atoms with Crippen molar-refractivity contribution in [2.75, 3.05) is 19.8 Å². The molecule has 0 saturated heterocycles. The van der Waals surface area contributed by atoms with Crippen LogP contribution in [0, 0.1) is 13.8 Å². The molecule has 1 unspecified atom stereocenters. The molecule has 0 aliphatic heterocycles.